The Bertz CT molecular complexity index is 754. The van der Waals surface area contributed by atoms with Crippen LogP contribution in [0.1, 0.15) is 17.5 Å². The monoisotopic (exact) mass is 341 g/mol. The van der Waals surface area contributed by atoms with Gasteiger partial charge in [-0.3, -0.25) is 4.90 Å². The molecule has 25 heavy (non-hydrogen) atoms. The molecule has 1 fully saturated rings. The standard InChI is InChI=1S/C21H21F2NO/c22-20-7-4-8-21(23)19(20)11-16-9-17-13-25-14-18(10-16)24(17)12-15-5-2-1-3-6-15/h1-9,17-18H,10-14H2. The van der Waals surface area contributed by atoms with E-state index in [2.05, 4.69) is 23.1 Å². The average Bonchev–Trinajstić information content (AvgIpc) is 2.60. The van der Waals surface area contributed by atoms with Gasteiger partial charge in [0.1, 0.15) is 11.6 Å². The summed E-state index contributed by atoms with van der Waals surface area (Å²) in [5.41, 5.74) is 2.55. The first-order chi connectivity index (χ1) is 12.2. The minimum absolute atomic E-state index is 0.164. The normalized spacial score (nSPS) is 23.4. The number of fused-ring (bicyclic) bond motifs is 2. The van der Waals surface area contributed by atoms with E-state index in [1.54, 1.807) is 0 Å². The second kappa shape index (κ2) is 7.06. The van der Waals surface area contributed by atoms with Gasteiger partial charge in [0.2, 0.25) is 0 Å². The summed E-state index contributed by atoms with van der Waals surface area (Å²) in [6, 6.07) is 14.9. The van der Waals surface area contributed by atoms with Crippen molar-refractivity contribution in [1.82, 2.24) is 4.90 Å². The zero-order chi connectivity index (χ0) is 17.2. The molecular weight excluding hydrogens is 320 g/mol. The van der Waals surface area contributed by atoms with E-state index in [9.17, 15) is 8.78 Å². The van der Waals surface area contributed by atoms with Gasteiger partial charge in [-0.25, -0.2) is 8.78 Å². The number of nitrogens with zero attached hydrogens (tertiary/aromatic N) is 1. The maximum atomic E-state index is 14.0. The SMILES string of the molecule is Fc1cccc(F)c1CC1=CC2COCC(C1)N2Cc1ccccc1. The lowest BCUT2D eigenvalue weighted by atomic mass is 9.89. The maximum absolute atomic E-state index is 14.0. The first kappa shape index (κ1) is 16.4. The number of hydrogen-bond acceptors (Lipinski definition) is 2. The molecule has 2 aliphatic heterocycles. The van der Waals surface area contributed by atoms with Gasteiger partial charge < -0.3 is 4.74 Å². The Kier molecular flexibility index (Phi) is 4.64. The molecule has 2 bridgehead atoms. The quantitative estimate of drug-likeness (QED) is 0.776. The molecule has 4 heteroatoms. The van der Waals surface area contributed by atoms with Crippen LogP contribution in [0.4, 0.5) is 8.78 Å². The van der Waals surface area contributed by atoms with Crippen molar-refractivity contribution in [2.45, 2.75) is 31.5 Å². The van der Waals surface area contributed by atoms with Gasteiger partial charge in [0.05, 0.1) is 19.3 Å². The fraction of sp³-hybridized carbons (Fsp3) is 0.333. The Hall–Kier alpha value is -2.04. The van der Waals surface area contributed by atoms with E-state index in [4.69, 9.17) is 4.74 Å². The molecular formula is C21H21F2NO. The summed E-state index contributed by atoms with van der Waals surface area (Å²) >= 11 is 0. The van der Waals surface area contributed by atoms with Gasteiger partial charge in [0.15, 0.2) is 0 Å². The molecule has 2 heterocycles. The van der Waals surface area contributed by atoms with E-state index in [-0.39, 0.29) is 17.6 Å². The molecule has 0 spiro atoms. The lowest BCUT2D eigenvalue weighted by Gasteiger charge is -2.45. The van der Waals surface area contributed by atoms with Crippen molar-refractivity contribution >= 4 is 0 Å². The summed E-state index contributed by atoms with van der Waals surface area (Å²) < 4.78 is 33.6. The second-order valence-corrected chi connectivity index (χ2v) is 6.82. The molecule has 2 unspecified atom stereocenters. The number of rotatable bonds is 4. The van der Waals surface area contributed by atoms with Crippen molar-refractivity contribution in [2.24, 2.45) is 0 Å². The Morgan fingerprint density at radius 3 is 2.44 bits per heavy atom. The molecule has 0 amide bonds. The predicted octanol–water partition coefficient (Wildman–Crippen LogP) is 4.11. The molecule has 0 saturated carbocycles. The maximum Gasteiger partial charge on any atom is 0.129 e. The summed E-state index contributed by atoms with van der Waals surface area (Å²) in [4.78, 5) is 2.44. The Morgan fingerprint density at radius 1 is 0.960 bits per heavy atom. The Labute approximate surface area is 146 Å². The second-order valence-electron chi connectivity index (χ2n) is 6.82. The third kappa shape index (κ3) is 3.51. The summed E-state index contributed by atoms with van der Waals surface area (Å²) in [5, 5.41) is 0. The van der Waals surface area contributed by atoms with E-state index in [1.807, 2.05) is 18.2 Å². The molecule has 2 atom stereocenters. The molecule has 130 valence electrons. The first-order valence-corrected chi connectivity index (χ1v) is 8.70. The van der Waals surface area contributed by atoms with Crippen molar-refractivity contribution in [3.8, 4) is 0 Å². The lowest BCUT2D eigenvalue weighted by Crippen LogP contribution is -2.53. The summed E-state index contributed by atoms with van der Waals surface area (Å²) in [5.74, 6) is -0.928. The van der Waals surface area contributed by atoms with Gasteiger partial charge in [-0.1, -0.05) is 48.0 Å². The van der Waals surface area contributed by atoms with E-state index >= 15 is 0 Å². The van der Waals surface area contributed by atoms with Gasteiger partial charge in [0.25, 0.3) is 0 Å². The van der Waals surface area contributed by atoms with E-state index < -0.39 is 11.6 Å². The van der Waals surface area contributed by atoms with Crippen molar-refractivity contribution in [3.63, 3.8) is 0 Å². The largest absolute Gasteiger partial charge is 0.378 e. The van der Waals surface area contributed by atoms with E-state index in [0.29, 0.717) is 19.6 Å². The van der Waals surface area contributed by atoms with Crippen molar-refractivity contribution in [1.29, 1.82) is 0 Å². The number of halogens is 2. The third-order valence-corrected chi connectivity index (χ3v) is 5.09. The van der Waals surface area contributed by atoms with Crippen LogP contribution in [0.15, 0.2) is 60.2 Å². The lowest BCUT2D eigenvalue weighted by molar-refractivity contribution is -0.0440. The van der Waals surface area contributed by atoms with Gasteiger partial charge in [0, 0.05) is 18.2 Å². The van der Waals surface area contributed by atoms with Crippen LogP contribution in [0.2, 0.25) is 0 Å². The summed E-state index contributed by atoms with van der Waals surface area (Å²) in [7, 11) is 0. The highest BCUT2D eigenvalue weighted by molar-refractivity contribution is 5.28. The fourth-order valence-electron chi connectivity index (χ4n) is 3.85. The van der Waals surface area contributed by atoms with E-state index in [0.717, 1.165) is 18.5 Å². The molecule has 2 nitrogen and oxygen atoms in total. The molecule has 4 rings (SSSR count). The molecule has 2 aromatic carbocycles. The van der Waals surface area contributed by atoms with Crippen LogP contribution in [0.25, 0.3) is 0 Å². The van der Waals surface area contributed by atoms with Crippen molar-refractivity contribution in [3.05, 3.63) is 82.9 Å². The van der Waals surface area contributed by atoms with Crippen LogP contribution in [0.5, 0.6) is 0 Å². The third-order valence-electron chi connectivity index (χ3n) is 5.09. The number of hydrogen-bond donors (Lipinski definition) is 0. The van der Waals surface area contributed by atoms with Crippen LogP contribution < -0.4 is 0 Å². The number of benzene rings is 2. The van der Waals surface area contributed by atoms with Gasteiger partial charge >= 0.3 is 0 Å². The van der Waals surface area contributed by atoms with Crippen molar-refractivity contribution < 1.29 is 13.5 Å². The highest BCUT2D eigenvalue weighted by Crippen LogP contribution is 2.31. The topological polar surface area (TPSA) is 12.5 Å². The minimum atomic E-state index is -0.464. The highest BCUT2D eigenvalue weighted by Gasteiger charge is 2.34. The van der Waals surface area contributed by atoms with Gasteiger partial charge in [-0.05, 0) is 30.5 Å². The fourth-order valence-corrected chi connectivity index (χ4v) is 3.85. The Balaban J connectivity index is 1.55. The Morgan fingerprint density at radius 2 is 1.72 bits per heavy atom. The molecule has 0 N–H and O–H groups in total. The molecule has 0 aromatic heterocycles. The van der Waals surface area contributed by atoms with Crippen LogP contribution in [-0.2, 0) is 17.7 Å². The molecule has 0 radical (unpaired) electrons. The summed E-state index contributed by atoms with van der Waals surface area (Å²) in [6.45, 7) is 2.17. The van der Waals surface area contributed by atoms with E-state index in [1.165, 1.54) is 23.8 Å². The predicted molar refractivity (Wildman–Crippen MR) is 93.1 cm³/mol. The van der Waals surface area contributed by atoms with Crippen LogP contribution >= 0.6 is 0 Å². The van der Waals surface area contributed by atoms with Crippen LogP contribution in [0.3, 0.4) is 0 Å². The average molecular weight is 341 g/mol. The number of ether oxygens (including phenoxy) is 1. The molecule has 2 aromatic rings. The first-order valence-electron chi connectivity index (χ1n) is 8.70. The molecule has 0 aliphatic carbocycles. The molecule has 2 aliphatic rings. The minimum Gasteiger partial charge on any atom is -0.378 e. The van der Waals surface area contributed by atoms with Crippen LogP contribution in [0, 0.1) is 11.6 Å². The van der Waals surface area contributed by atoms with Crippen molar-refractivity contribution in [2.75, 3.05) is 13.2 Å². The van der Waals surface area contributed by atoms with Crippen LogP contribution in [-0.4, -0.2) is 30.2 Å². The van der Waals surface area contributed by atoms with Gasteiger partial charge in [-0.2, -0.15) is 0 Å². The molecule has 1 saturated heterocycles. The number of morpholine rings is 1. The zero-order valence-corrected chi connectivity index (χ0v) is 14.0. The summed E-state index contributed by atoms with van der Waals surface area (Å²) in [6.07, 6.45) is 3.27. The highest BCUT2D eigenvalue weighted by atomic mass is 19.1. The van der Waals surface area contributed by atoms with Gasteiger partial charge in [-0.15, -0.1) is 0 Å². The zero-order valence-electron chi connectivity index (χ0n) is 14.0. The smallest absolute Gasteiger partial charge is 0.129 e.